The van der Waals surface area contributed by atoms with Gasteiger partial charge in [-0.3, -0.25) is 9.20 Å². The van der Waals surface area contributed by atoms with Gasteiger partial charge in [0.2, 0.25) is 0 Å². The Labute approximate surface area is 189 Å². The molecular weight excluding hydrogens is 406 g/mol. The van der Waals surface area contributed by atoms with Crippen molar-refractivity contribution in [3.05, 3.63) is 71.3 Å². The second kappa shape index (κ2) is 12.6. The van der Waals surface area contributed by atoms with E-state index in [1.807, 2.05) is 25.1 Å². The van der Waals surface area contributed by atoms with Crippen LogP contribution in [0.25, 0.3) is 0 Å². The van der Waals surface area contributed by atoms with Gasteiger partial charge in [-0.2, -0.15) is 0 Å². The third-order valence-electron chi connectivity index (χ3n) is 5.71. The Balaban J connectivity index is 1.41. The minimum Gasteiger partial charge on any atom is -0.372 e. The summed E-state index contributed by atoms with van der Waals surface area (Å²) < 4.78 is 18.0. The van der Waals surface area contributed by atoms with Crippen LogP contribution in [0.5, 0.6) is 0 Å². The number of rotatable bonds is 9. The molecule has 0 aliphatic heterocycles. The molecule has 3 rings (SSSR count). The van der Waals surface area contributed by atoms with Gasteiger partial charge in [-0.15, -0.1) is 0 Å². The van der Waals surface area contributed by atoms with Gasteiger partial charge in [0.25, 0.3) is 0 Å². The van der Waals surface area contributed by atoms with Gasteiger partial charge in [-0.1, -0.05) is 67.9 Å². The fourth-order valence-electron chi connectivity index (χ4n) is 3.94. The lowest BCUT2D eigenvalue weighted by Crippen LogP contribution is -2.46. The molecule has 0 saturated heterocycles. The molecule has 1 saturated carbocycles. The summed E-state index contributed by atoms with van der Waals surface area (Å²) in [5, 5.41) is 7.24. The highest BCUT2D eigenvalue weighted by molar-refractivity contribution is 7.85. The molecule has 0 bridgehead atoms. The SMILES string of the molecule is CCS(=O)C1CCCC(NC(=NC)NCc2ccc(COCc3ccccc3)cc2)C1. The molecule has 3 unspecified atom stereocenters. The summed E-state index contributed by atoms with van der Waals surface area (Å²) in [5.74, 6) is 1.56. The van der Waals surface area contributed by atoms with E-state index in [1.54, 1.807) is 7.05 Å². The van der Waals surface area contributed by atoms with E-state index in [2.05, 4.69) is 52.0 Å². The maximum atomic E-state index is 12.2. The number of guanidine groups is 1. The third kappa shape index (κ3) is 7.78. The number of aliphatic imine (C=N–C) groups is 1. The first kappa shape index (κ1) is 23.5. The summed E-state index contributed by atoms with van der Waals surface area (Å²) in [6.45, 7) is 3.95. The Morgan fingerprint density at radius 1 is 1.03 bits per heavy atom. The van der Waals surface area contributed by atoms with Crippen molar-refractivity contribution in [3.8, 4) is 0 Å². The molecule has 0 heterocycles. The number of hydrogen-bond acceptors (Lipinski definition) is 3. The normalized spacial score (nSPS) is 20.3. The van der Waals surface area contributed by atoms with Crippen molar-refractivity contribution in [3.63, 3.8) is 0 Å². The maximum Gasteiger partial charge on any atom is 0.191 e. The Morgan fingerprint density at radius 2 is 1.71 bits per heavy atom. The van der Waals surface area contributed by atoms with E-state index in [0.717, 1.165) is 37.4 Å². The fourth-order valence-corrected chi connectivity index (χ4v) is 5.29. The summed E-state index contributed by atoms with van der Waals surface area (Å²) >= 11 is 0. The molecule has 0 aromatic heterocycles. The highest BCUT2D eigenvalue weighted by Gasteiger charge is 2.25. The monoisotopic (exact) mass is 441 g/mol. The van der Waals surface area contributed by atoms with Gasteiger partial charge in [0.1, 0.15) is 0 Å². The van der Waals surface area contributed by atoms with Crippen molar-refractivity contribution < 1.29 is 8.95 Å². The molecule has 1 fully saturated rings. The van der Waals surface area contributed by atoms with Crippen molar-refractivity contribution in [1.82, 2.24) is 10.6 Å². The average molecular weight is 442 g/mol. The summed E-state index contributed by atoms with van der Waals surface area (Å²) in [5.41, 5.74) is 3.55. The Morgan fingerprint density at radius 3 is 2.39 bits per heavy atom. The number of benzene rings is 2. The van der Waals surface area contributed by atoms with E-state index in [1.165, 1.54) is 16.7 Å². The van der Waals surface area contributed by atoms with Crippen molar-refractivity contribution >= 4 is 16.8 Å². The molecule has 0 amide bonds. The molecule has 2 aromatic rings. The summed E-state index contributed by atoms with van der Waals surface area (Å²) in [4.78, 5) is 4.37. The second-order valence-electron chi connectivity index (χ2n) is 8.02. The molecule has 5 nitrogen and oxygen atoms in total. The van der Waals surface area contributed by atoms with Crippen LogP contribution in [0.4, 0.5) is 0 Å². The van der Waals surface area contributed by atoms with Gasteiger partial charge in [0.15, 0.2) is 5.96 Å². The van der Waals surface area contributed by atoms with Crippen LogP contribution in [-0.2, 0) is 35.3 Å². The number of nitrogens with one attached hydrogen (secondary N) is 2. The van der Waals surface area contributed by atoms with E-state index in [-0.39, 0.29) is 0 Å². The molecule has 1 aliphatic carbocycles. The molecule has 2 aromatic carbocycles. The van der Waals surface area contributed by atoms with Crippen molar-refractivity contribution in [2.24, 2.45) is 4.99 Å². The molecule has 168 valence electrons. The smallest absolute Gasteiger partial charge is 0.191 e. The molecule has 1 aliphatic rings. The quantitative estimate of drug-likeness (QED) is 0.453. The van der Waals surface area contributed by atoms with Crippen LogP contribution in [0, 0.1) is 0 Å². The van der Waals surface area contributed by atoms with Crippen LogP contribution in [0.1, 0.15) is 49.3 Å². The Hall–Kier alpha value is -2.18. The van der Waals surface area contributed by atoms with Crippen LogP contribution in [0.2, 0.25) is 0 Å². The van der Waals surface area contributed by atoms with E-state index in [9.17, 15) is 4.21 Å². The zero-order chi connectivity index (χ0) is 21.9. The lowest BCUT2D eigenvalue weighted by atomic mass is 9.95. The minimum absolute atomic E-state index is 0.311. The predicted octanol–water partition coefficient (Wildman–Crippen LogP) is 4.15. The molecule has 0 radical (unpaired) electrons. The first-order valence-electron chi connectivity index (χ1n) is 11.2. The zero-order valence-electron chi connectivity index (χ0n) is 18.7. The molecule has 6 heteroatoms. The van der Waals surface area contributed by atoms with Gasteiger partial charge >= 0.3 is 0 Å². The first-order chi connectivity index (χ1) is 15.2. The van der Waals surface area contributed by atoms with Crippen molar-refractivity contribution in [1.29, 1.82) is 0 Å². The van der Waals surface area contributed by atoms with Gasteiger partial charge in [0.05, 0.1) is 13.2 Å². The van der Waals surface area contributed by atoms with E-state index in [4.69, 9.17) is 4.74 Å². The third-order valence-corrected chi connectivity index (χ3v) is 7.45. The van der Waals surface area contributed by atoms with Gasteiger partial charge in [-0.05, 0) is 36.0 Å². The lowest BCUT2D eigenvalue weighted by molar-refractivity contribution is 0.107. The Bertz CT molecular complexity index is 840. The maximum absolute atomic E-state index is 12.2. The van der Waals surface area contributed by atoms with E-state index in [0.29, 0.717) is 31.1 Å². The van der Waals surface area contributed by atoms with Crippen molar-refractivity contribution in [2.75, 3.05) is 12.8 Å². The van der Waals surface area contributed by atoms with E-state index < -0.39 is 10.8 Å². The standard InChI is InChI=1S/C25H35N3O2S/c1-3-31(29)24-11-7-10-23(16-24)28-25(26-2)27-17-20-12-14-22(15-13-20)19-30-18-21-8-5-4-6-9-21/h4-6,8-9,12-15,23-24H,3,7,10-11,16-19H2,1-2H3,(H2,26,27,28). The largest absolute Gasteiger partial charge is 0.372 e. The first-order valence-corrected chi connectivity index (χ1v) is 12.6. The summed E-state index contributed by atoms with van der Waals surface area (Å²) in [7, 11) is 1.09. The van der Waals surface area contributed by atoms with Crippen LogP contribution in [0.15, 0.2) is 59.6 Å². The molecular formula is C25H35N3O2S. The molecule has 2 N–H and O–H groups in total. The minimum atomic E-state index is -0.711. The van der Waals surface area contributed by atoms with Crippen molar-refractivity contribution in [2.45, 2.75) is 63.7 Å². The highest BCUT2D eigenvalue weighted by atomic mass is 32.2. The number of ether oxygens (including phenoxy) is 1. The summed E-state index contributed by atoms with van der Waals surface area (Å²) in [6, 6.07) is 19.0. The molecule has 3 atom stereocenters. The lowest BCUT2D eigenvalue weighted by Gasteiger charge is -2.30. The van der Waals surface area contributed by atoms with Gasteiger partial charge < -0.3 is 15.4 Å². The van der Waals surface area contributed by atoms with Gasteiger partial charge in [0, 0.05) is 41.4 Å². The highest BCUT2D eigenvalue weighted by Crippen LogP contribution is 2.23. The topological polar surface area (TPSA) is 62.7 Å². The molecule has 31 heavy (non-hydrogen) atoms. The Kier molecular flexibility index (Phi) is 9.56. The number of hydrogen-bond donors (Lipinski definition) is 2. The van der Waals surface area contributed by atoms with Crippen LogP contribution in [-0.4, -0.2) is 34.3 Å². The predicted molar refractivity (Wildman–Crippen MR) is 129 cm³/mol. The molecule has 0 spiro atoms. The summed E-state index contributed by atoms with van der Waals surface area (Å²) in [6.07, 6.45) is 4.26. The van der Waals surface area contributed by atoms with E-state index >= 15 is 0 Å². The van der Waals surface area contributed by atoms with Crippen LogP contribution >= 0.6 is 0 Å². The average Bonchev–Trinajstić information content (AvgIpc) is 2.83. The fraction of sp³-hybridized carbons (Fsp3) is 0.480. The second-order valence-corrected chi connectivity index (χ2v) is 10.0. The zero-order valence-corrected chi connectivity index (χ0v) is 19.5. The van der Waals surface area contributed by atoms with Crippen LogP contribution < -0.4 is 10.6 Å². The van der Waals surface area contributed by atoms with Gasteiger partial charge in [-0.25, -0.2) is 0 Å². The van der Waals surface area contributed by atoms with Crippen LogP contribution in [0.3, 0.4) is 0 Å². The number of nitrogens with zero attached hydrogens (tertiary/aromatic N) is 1.